The Kier molecular flexibility index (Phi) is 7.94. The number of rotatable bonds is 9. The first-order chi connectivity index (χ1) is 21.5. The Bertz CT molecular complexity index is 1920. The monoisotopic (exact) mass is 656 g/mol. The fourth-order valence-corrected chi connectivity index (χ4v) is 5.30. The van der Waals surface area contributed by atoms with Crippen LogP contribution < -0.4 is 10.9 Å². The molecule has 0 bridgehead atoms. The number of hydrogen-bond acceptors (Lipinski definition) is 5. The Morgan fingerprint density at radius 1 is 0.783 bits per heavy atom. The lowest BCUT2D eigenvalue weighted by atomic mass is 9.81. The Morgan fingerprint density at radius 2 is 1.39 bits per heavy atom. The number of pyridine rings is 1. The summed E-state index contributed by atoms with van der Waals surface area (Å²) in [7, 11) is 0. The van der Waals surface area contributed by atoms with Crippen LogP contribution in [0.4, 0.5) is 50.9 Å². The van der Waals surface area contributed by atoms with Gasteiger partial charge in [0.15, 0.2) is 5.78 Å². The van der Waals surface area contributed by atoms with E-state index in [1.54, 1.807) is 30.3 Å². The van der Waals surface area contributed by atoms with Crippen LogP contribution in [0.2, 0.25) is 0 Å². The zero-order chi connectivity index (χ0) is 33.8. The molecule has 242 valence electrons. The van der Waals surface area contributed by atoms with E-state index in [0.717, 1.165) is 6.07 Å². The number of ether oxygens (including phenoxy) is 1. The van der Waals surface area contributed by atoms with Gasteiger partial charge in [-0.15, -0.1) is 0 Å². The zero-order valence-corrected chi connectivity index (χ0v) is 23.5. The summed E-state index contributed by atoms with van der Waals surface area (Å²) in [6, 6.07) is 16.6. The highest BCUT2D eigenvalue weighted by atomic mass is 19.4. The average Bonchev–Trinajstić information content (AvgIpc) is 2.99. The van der Waals surface area contributed by atoms with Gasteiger partial charge in [0.2, 0.25) is 0 Å². The van der Waals surface area contributed by atoms with Crippen LogP contribution in [0.15, 0.2) is 71.5 Å². The first kappa shape index (κ1) is 32.6. The van der Waals surface area contributed by atoms with E-state index >= 15 is 0 Å². The quantitative estimate of drug-likeness (QED) is 0.129. The van der Waals surface area contributed by atoms with Crippen LogP contribution in [0.5, 0.6) is 0 Å². The SMILES string of the molecule is CCOC(=O)c1c2c3c(c(Nc4ccccc4)ccc3n(CCC(F)(F)C(F)(F)C(F)(F)C(F)(F)F)c1=O)C(=O)c1ccccc1-2. The van der Waals surface area contributed by atoms with E-state index in [2.05, 4.69) is 5.32 Å². The van der Waals surface area contributed by atoms with Gasteiger partial charge in [0.25, 0.3) is 5.56 Å². The van der Waals surface area contributed by atoms with E-state index < -0.39 is 59.8 Å². The molecule has 0 amide bonds. The highest BCUT2D eigenvalue weighted by Gasteiger charge is 2.81. The number of ketones is 1. The number of benzene rings is 3. The van der Waals surface area contributed by atoms with E-state index in [1.807, 2.05) is 0 Å². The molecule has 5 rings (SSSR count). The second-order valence-corrected chi connectivity index (χ2v) is 10.3. The van der Waals surface area contributed by atoms with Crippen molar-refractivity contribution in [2.24, 2.45) is 0 Å². The molecule has 0 saturated heterocycles. The number of nitrogens with zero attached hydrogens (tertiary/aromatic N) is 1. The standard InChI is InChI=1S/C31H21F9N2O4/c1-2-46-27(45)24-21-17-10-6-7-11-18(17)25(43)22-19(41-16-8-4-3-5-9-16)12-13-20(23(21)22)42(26(24)44)15-14-28(32,33)29(34,35)30(36,37)31(38,39)40/h3-13,41H,2,14-15H2,1H3. The summed E-state index contributed by atoms with van der Waals surface area (Å²) in [5.41, 5.74) is -2.10. The Labute approximate surface area is 253 Å². The predicted octanol–water partition coefficient (Wildman–Crippen LogP) is 7.99. The Hall–Kier alpha value is -4.82. The van der Waals surface area contributed by atoms with Crippen LogP contribution in [0.3, 0.4) is 0 Å². The average molecular weight is 657 g/mol. The van der Waals surface area contributed by atoms with Crippen molar-refractivity contribution < 1.29 is 53.8 Å². The van der Waals surface area contributed by atoms with Crippen LogP contribution in [-0.4, -0.2) is 46.9 Å². The first-order valence-corrected chi connectivity index (χ1v) is 13.5. The molecule has 0 radical (unpaired) electrons. The number of hydrogen-bond donors (Lipinski definition) is 1. The van der Waals surface area contributed by atoms with Gasteiger partial charge in [0.05, 0.1) is 23.4 Å². The fourth-order valence-electron chi connectivity index (χ4n) is 5.30. The van der Waals surface area contributed by atoms with Crippen LogP contribution >= 0.6 is 0 Å². The van der Waals surface area contributed by atoms with Crippen molar-refractivity contribution in [3.8, 4) is 11.1 Å². The number of halogens is 9. The molecule has 6 nitrogen and oxygen atoms in total. The van der Waals surface area contributed by atoms with Crippen molar-refractivity contribution in [1.29, 1.82) is 0 Å². The van der Waals surface area contributed by atoms with Gasteiger partial charge < -0.3 is 14.6 Å². The number of fused-ring (bicyclic) bond motifs is 2. The minimum atomic E-state index is -7.13. The van der Waals surface area contributed by atoms with Crippen LogP contribution in [0.25, 0.3) is 22.0 Å². The third-order valence-electron chi connectivity index (χ3n) is 7.49. The molecule has 15 heteroatoms. The maximum Gasteiger partial charge on any atom is 0.460 e. The van der Waals surface area contributed by atoms with Gasteiger partial charge in [-0.1, -0.05) is 42.5 Å². The number of anilines is 2. The largest absolute Gasteiger partial charge is 0.462 e. The topological polar surface area (TPSA) is 77.4 Å². The minimum Gasteiger partial charge on any atom is -0.462 e. The number of para-hydroxylation sites is 1. The maximum atomic E-state index is 14.6. The smallest absolute Gasteiger partial charge is 0.460 e. The van der Waals surface area contributed by atoms with E-state index in [9.17, 15) is 53.9 Å². The third kappa shape index (κ3) is 4.97. The molecule has 1 heterocycles. The lowest BCUT2D eigenvalue weighted by Gasteiger charge is -2.34. The maximum absolute atomic E-state index is 14.6. The number of carbonyl (C=O) groups is 2. The lowest BCUT2D eigenvalue weighted by Crippen LogP contribution is -2.61. The highest BCUT2D eigenvalue weighted by Crippen LogP contribution is 2.54. The molecule has 0 unspecified atom stereocenters. The number of aryl methyl sites for hydroxylation is 1. The number of aromatic nitrogens is 1. The number of esters is 1. The van der Waals surface area contributed by atoms with Gasteiger partial charge in [-0.3, -0.25) is 9.59 Å². The molecule has 0 aliphatic heterocycles. The summed E-state index contributed by atoms with van der Waals surface area (Å²) in [6.07, 6.45) is -9.41. The molecule has 0 saturated carbocycles. The molecular weight excluding hydrogens is 635 g/mol. The Balaban J connectivity index is 1.78. The van der Waals surface area contributed by atoms with E-state index in [0.29, 0.717) is 10.3 Å². The van der Waals surface area contributed by atoms with Gasteiger partial charge >= 0.3 is 29.9 Å². The minimum absolute atomic E-state index is 0.0434. The molecule has 1 aliphatic carbocycles. The van der Waals surface area contributed by atoms with Crippen molar-refractivity contribution in [2.75, 3.05) is 11.9 Å². The summed E-state index contributed by atoms with van der Waals surface area (Å²) in [5.74, 6) is -22.0. The predicted molar refractivity (Wildman–Crippen MR) is 148 cm³/mol. The second kappa shape index (κ2) is 11.2. The first-order valence-electron chi connectivity index (χ1n) is 13.5. The van der Waals surface area contributed by atoms with Gasteiger partial charge in [-0.25, -0.2) is 4.79 Å². The van der Waals surface area contributed by atoms with Crippen molar-refractivity contribution in [3.63, 3.8) is 0 Å². The van der Waals surface area contributed by atoms with Gasteiger partial charge in [0, 0.05) is 35.2 Å². The Morgan fingerprint density at radius 3 is 2.00 bits per heavy atom. The lowest BCUT2D eigenvalue weighted by molar-refractivity contribution is -0.396. The summed E-state index contributed by atoms with van der Waals surface area (Å²) >= 11 is 0. The summed E-state index contributed by atoms with van der Waals surface area (Å²) < 4.78 is 128. The molecule has 0 atom stereocenters. The van der Waals surface area contributed by atoms with E-state index in [1.165, 1.54) is 37.3 Å². The van der Waals surface area contributed by atoms with Crippen molar-refractivity contribution in [1.82, 2.24) is 4.57 Å². The third-order valence-corrected chi connectivity index (χ3v) is 7.49. The van der Waals surface area contributed by atoms with Gasteiger partial charge in [0.1, 0.15) is 5.56 Å². The normalized spacial score (nSPS) is 13.5. The van der Waals surface area contributed by atoms with Gasteiger partial charge in [-0.05, 0) is 36.8 Å². The molecule has 4 aromatic rings. The molecule has 1 aromatic heterocycles. The molecule has 0 spiro atoms. The van der Waals surface area contributed by atoms with E-state index in [-0.39, 0.29) is 45.5 Å². The summed E-state index contributed by atoms with van der Waals surface area (Å²) in [4.78, 5) is 40.9. The highest BCUT2D eigenvalue weighted by molar-refractivity contribution is 6.29. The molecule has 1 aliphatic rings. The van der Waals surface area contributed by atoms with Crippen LogP contribution in [-0.2, 0) is 11.3 Å². The molecule has 46 heavy (non-hydrogen) atoms. The van der Waals surface area contributed by atoms with Crippen LogP contribution in [0, 0.1) is 0 Å². The van der Waals surface area contributed by atoms with Crippen LogP contribution in [0.1, 0.15) is 39.6 Å². The zero-order valence-electron chi connectivity index (χ0n) is 23.5. The summed E-state index contributed by atoms with van der Waals surface area (Å²) in [6.45, 7) is -0.452. The second-order valence-electron chi connectivity index (χ2n) is 10.3. The van der Waals surface area contributed by atoms with Crippen molar-refractivity contribution >= 4 is 34.0 Å². The van der Waals surface area contributed by atoms with Gasteiger partial charge in [-0.2, -0.15) is 39.5 Å². The summed E-state index contributed by atoms with van der Waals surface area (Å²) in [5, 5.41) is 2.86. The molecule has 3 aromatic carbocycles. The van der Waals surface area contributed by atoms with E-state index in [4.69, 9.17) is 4.74 Å². The number of alkyl halides is 9. The molecular formula is C31H21F9N2O4. The van der Waals surface area contributed by atoms with Crippen molar-refractivity contribution in [3.05, 3.63) is 93.8 Å². The van der Waals surface area contributed by atoms with Crippen molar-refractivity contribution in [2.45, 2.75) is 43.8 Å². The molecule has 1 N–H and O–H groups in total. The number of carbonyl (C=O) groups excluding carboxylic acids is 2. The molecule has 0 fully saturated rings. The fraction of sp³-hybridized carbons (Fsp3) is 0.258. The number of nitrogens with one attached hydrogen (secondary N) is 1.